The van der Waals surface area contributed by atoms with E-state index in [0.29, 0.717) is 11.5 Å². The molecule has 1 saturated heterocycles. The highest BCUT2D eigenvalue weighted by Gasteiger charge is 2.43. The van der Waals surface area contributed by atoms with Crippen LogP contribution in [0.15, 0.2) is 0 Å². The van der Waals surface area contributed by atoms with Crippen LogP contribution in [0, 0.1) is 5.41 Å². The average molecular weight is 252 g/mol. The summed E-state index contributed by atoms with van der Waals surface area (Å²) in [5.41, 5.74) is 0.478. The minimum atomic E-state index is 0.478. The van der Waals surface area contributed by atoms with E-state index in [0.717, 1.165) is 6.04 Å². The molecule has 18 heavy (non-hydrogen) atoms. The maximum absolute atomic E-state index is 3.85. The van der Waals surface area contributed by atoms with Gasteiger partial charge in [-0.3, -0.25) is 4.90 Å². The van der Waals surface area contributed by atoms with Gasteiger partial charge in [-0.2, -0.15) is 0 Å². The lowest BCUT2D eigenvalue weighted by Gasteiger charge is -2.37. The van der Waals surface area contributed by atoms with Crippen molar-refractivity contribution in [3.63, 3.8) is 0 Å². The molecule has 0 aromatic carbocycles. The van der Waals surface area contributed by atoms with Crippen molar-refractivity contribution in [1.29, 1.82) is 0 Å². The van der Waals surface area contributed by atoms with E-state index in [1.807, 2.05) is 0 Å². The monoisotopic (exact) mass is 252 g/mol. The first kappa shape index (κ1) is 14.3. The molecular formula is C16H32N2. The first-order valence-electron chi connectivity index (χ1n) is 8.12. The van der Waals surface area contributed by atoms with Crippen LogP contribution in [0.2, 0.25) is 0 Å². The molecule has 0 radical (unpaired) electrons. The molecule has 2 aliphatic rings. The number of rotatable bonds is 4. The second-order valence-electron chi connectivity index (χ2n) is 6.98. The van der Waals surface area contributed by atoms with Crippen LogP contribution in [0.25, 0.3) is 0 Å². The van der Waals surface area contributed by atoms with Crippen LogP contribution < -0.4 is 5.32 Å². The molecule has 106 valence electrons. The Labute approximate surface area is 114 Å². The quantitative estimate of drug-likeness (QED) is 0.825. The Bertz CT molecular complexity index is 241. The molecule has 0 bridgehead atoms. The first-order valence-corrected chi connectivity index (χ1v) is 8.12. The molecule has 2 atom stereocenters. The molecule has 0 amide bonds. The highest BCUT2D eigenvalue weighted by molar-refractivity contribution is 5.01. The minimum absolute atomic E-state index is 0.478. The second kappa shape index (κ2) is 6.38. The van der Waals surface area contributed by atoms with Gasteiger partial charge in [-0.15, -0.1) is 0 Å². The van der Waals surface area contributed by atoms with Gasteiger partial charge >= 0.3 is 0 Å². The third kappa shape index (κ3) is 3.27. The van der Waals surface area contributed by atoms with Crippen LogP contribution >= 0.6 is 0 Å². The standard InChI is InChI=1S/C16H32N2/c1-4-11-17-15-14(9-10-16(15,2)3)18-12-7-5-6-8-13-18/h14-15,17H,4-13H2,1-3H3. The zero-order chi connectivity index (χ0) is 13.0. The molecule has 0 aromatic heterocycles. The van der Waals surface area contributed by atoms with Gasteiger partial charge < -0.3 is 5.32 Å². The topological polar surface area (TPSA) is 15.3 Å². The van der Waals surface area contributed by atoms with E-state index < -0.39 is 0 Å². The van der Waals surface area contributed by atoms with Gasteiger partial charge in [0.15, 0.2) is 0 Å². The Morgan fingerprint density at radius 2 is 1.78 bits per heavy atom. The third-order valence-electron chi connectivity index (χ3n) is 5.04. The highest BCUT2D eigenvalue weighted by Crippen LogP contribution is 2.40. The zero-order valence-electron chi connectivity index (χ0n) is 12.7. The Balaban J connectivity index is 2.00. The molecule has 2 fully saturated rings. The maximum atomic E-state index is 3.85. The smallest absolute Gasteiger partial charge is 0.0274 e. The second-order valence-corrected chi connectivity index (χ2v) is 6.98. The van der Waals surface area contributed by atoms with Gasteiger partial charge in [0, 0.05) is 12.1 Å². The molecular weight excluding hydrogens is 220 g/mol. The zero-order valence-corrected chi connectivity index (χ0v) is 12.7. The van der Waals surface area contributed by atoms with Gasteiger partial charge in [-0.05, 0) is 57.2 Å². The summed E-state index contributed by atoms with van der Waals surface area (Å²) >= 11 is 0. The van der Waals surface area contributed by atoms with Gasteiger partial charge in [-0.25, -0.2) is 0 Å². The Kier molecular flexibility index (Phi) is 5.08. The van der Waals surface area contributed by atoms with E-state index in [2.05, 4.69) is 31.0 Å². The molecule has 2 nitrogen and oxygen atoms in total. The van der Waals surface area contributed by atoms with Crippen LogP contribution in [-0.4, -0.2) is 36.6 Å². The molecule has 1 saturated carbocycles. The molecule has 1 heterocycles. The summed E-state index contributed by atoms with van der Waals surface area (Å²) in [6.07, 6.45) is 9.75. The van der Waals surface area contributed by atoms with Crippen molar-refractivity contribution >= 4 is 0 Å². The third-order valence-corrected chi connectivity index (χ3v) is 5.04. The van der Waals surface area contributed by atoms with Crippen molar-refractivity contribution < 1.29 is 0 Å². The van der Waals surface area contributed by atoms with Gasteiger partial charge in [0.2, 0.25) is 0 Å². The van der Waals surface area contributed by atoms with E-state index in [9.17, 15) is 0 Å². The summed E-state index contributed by atoms with van der Waals surface area (Å²) in [4.78, 5) is 2.80. The molecule has 1 aliphatic heterocycles. The van der Waals surface area contributed by atoms with Gasteiger partial charge in [0.25, 0.3) is 0 Å². The van der Waals surface area contributed by atoms with E-state index in [-0.39, 0.29) is 0 Å². The van der Waals surface area contributed by atoms with Crippen molar-refractivity contribution in [3.05, 3.63) is 0 Å². The highest BCUT2D eigenvalue weighted by atomic mass is 15.2. The van der Waals surface area contributed by atoms with Gasteiger partial charge in [0.05, 0.1) is 0 Å². The SMILES string of the molecule is CCCNC1C(N2CCCCCC2)CCC1(C)C. The van der Waals surface area contributed by atoms with Crippen LogP contribution in [-0.2, 0) is 0 Å². The van der Waals surface area contributed by atoms with Crippen LogP contribution in [0.5, 0.6) is 0 Å². The number of nitrogens with one attached hydrogen (secondary N) is 1. The fraction of sp³-hybridized carbons (Fsp3) is 1.00. The summed E-state index contributed by atoms with van der Waals surface area (Å²) in [6.45, 7) is 11.0. The largest absolute Gasteiger partial charge is 0.312 e. The summed E-state index contributed by atoms with van der Waals surface area (Å²) < 4.78 is 0. The van der Waals surface area contributed by atoms with E-state index in [4.69, 9.17) is 0 Å². The predicted octanol–water partition coefficient (Wildman–Crippen LogP) is 3.42. The predicted molar refractivity (Wildman–Crippen MR) is 78.9 cm³/mol. The maximum Gasteiger partial charge on any atom is 0.0274 e. The molecule has 2 heteroatoms. The summed E-state index contributed by atoms with van der Waals surface area (Å²) in [5.74, 6) is 0. The fourth-order valence-corrected chi connectivity index (χ4v) is 3.90. The van der Waals surface area contributed by atoms with Crippen molar-refractivity contribution in [2.45, 2.75) is 77.8 Å². The summed E-state index contributed by atoms with van der Waals surface area (Å²) in [5, 5.41) is 3.85. The minimum Gasteiger partial charge on any atom is -0.312 e. The molecule has 2 unspecified atom stereocenters. The normalized spacial score (nSPS) is 33.5. The first-order chi connectivity index (χ1) is 8.65. The van der Waals surface area contributed by atoms with E-state index in [1.54, 1.807) is 0 Å². The van der Waals surface area contributed by atoms with E-state index >= 15 is 0 Å². The number of nitrogens with zero attached hydrogens (tertiary/aromatic N) is 1. The lowest BCUT2D eigenvalue weighted by Crippen LogP contribution is -2.52. The molecule has 1 aliphatic carbocycles. The number of hydrogen-bond acceptors (Lipinski definition) is 2. The van der Waals surface area contributed by atoms with Crippen molar-refractivity contribution in [1.82, 2.24) is 10.2 Å². The lowest BCUT2D eigenvalue weighted by molar-refractivity contribution is 0.148. The molecule has 1 N–H and O–H groups in total. The van der Waals surface area contributed by atoms with E-state index in [1.165, 1.54) is 64.6 Å². The lowest BCUT2D eigenvalue weighted by atomic mass is 9.86. The summed E-state index contributed by atoms with van der Waals surface area (Å²) in [6, 6.07) is 1.50. The van der Waals surface area contributed by atoms with Crippen molar-refractivity contribution in [2.24, 2.45) is 5.41 Å². The van der Waals surface area contributed by atoms with Crippen molar-refractivity contribution in [3.8, 4) is 0 Å². The molecule has 0 spiro atoms. The summed E-state index contributed by atoms with van der Waals surface area (Å²) in [7, 11) is 0. The number of likely N-dealkylation sites (tertiary alicyclic amines) is 1. The van der Waals surface area contributed by atoms with Crippen molar-refractivity contribution in [2.75, 3.05) is 19.6 Å². The van der Waals surface area contributed by atoms with Gasteiger partial charge in [0.1, 0.15) is 0 Å². The van der Waals surface area contributed by atoms with Gasteiger partial charge in [-0.1, -0.05) is 33.6 Å². The average Bonchev–Trinajstić information content (AvgIpc) is 2.56. The Morgan fingerprint density at radius 3 is 2.39 bits per heavy atom. The van der Waals surface area contributed by atoms with Crippen LogP contribution in [0.4, 0.5) is 0 Å². The van der Waals surface area contributed by atoms with Crippen LogP contribution in [0.1, 0.15) is 65.7 Å². The Morgan fingerprint density at radius 1 is 1.11 bits per heavy atom. The van der Waals surface area contributed by atoms with Crippen LogP contribution in [0.3, 0.4) is 0 Å². The Hall–Kier alpha value is -0.0800. The molecule has 0 aromatic rings. The number of hydrogen-bond donors (Lipinski definition) is 1. The molecule has 2 rings (SSSR count). The fourth-order valence-electron chi connectivity index (χ4n) is 3.90.